The lowest BCUT2D eigenvalue weighted by Crippen LogP contribution is -2.25. The minimum Gasteiger partial charge on any atom is -0.465 e. The first-order valence-electron chi connectivity index (χ1n) is 17.4. The van der Waals surface area contributed by atoms with E-state index in [1.54, 1.807) is 0 Å². The molecule has 0 bridgehead atoms. The van der Waals surface area contributed by atoms with Crippen molar-refractivity contribution in [2.75, 3.05) is 14.2 Å². The Morgan fingerprint density at radius 1 is 0.523 bits per heavy atom. The Hall–Kier alpha value is -3.14. The summed E-state index contributed by atoms with van der Waals surface area (Å²) in [5, 5.41) is 2.80. The van der Waals surface area contributed by atoms with Crippen molar-refractivity contribution in [1.29, 1.82) is 0 Å². The number of benzene rings is 3. The van der Waals surface area contributed by atoms with Crippen LogP contribution in [0.3, 0.4) is 0 Å². The van der Waals surface area contributed by atoms with Gasteiger partial charge in [0.15, 0.2) is 0 Å². The Balaban J connectivity index is 2.09. The number of hydrogen-bond donors (Lipinski definition) is 0. The minimum atomic E-state index is -0.426. The normalized spacial score (nSPS) is 12.2. The van der Waals surface area contributed by atoms with Gasteiger partial charge in [-0.15, -0.1) is 0 Å². The molecular weight excluding hydrogens is 544 g/mol. The number of esters is 2. The second kappa shape index (κ2) is 16.3. The molecule has 4 heteroatoms. The quantitative estimate of drug-likeness (QED) is 0.0951. The molecule has 0 aromatic heterocycles. The summed E-state index contributed by atoms with van der Waals surface area (Å²) < 4.78 is 10.8. The molecule has 1 aliphatic rings. The van der Waals surface area contributed by atoms with Crippen molar-refractivity contribution in [3.8, 4) is 0 Å². The van der Waals surface area contributed by atoms with Gasteiger partial charge in [0.05, 0.1) is 25.3 Å². The van der Waals surface area contributed by atoms with E-state index in [0.29, 0.717) is 11.1 Å². The molecule has 0 saturated heterocycles. The molecule has 4 rings (SSSR count). The van der Waals surface area contributed by atoms with Crippen LogP contribution >= 0.6 is 0 Å². The van der Waals surface area contributed by atoms with E-state index < -0.39 is 11.9 Å². The lowest BCUT2D eigenvalue weighted by Gasteiger charge is -2.33. The highest BCUT2D eigenvalue weighted by Crippen LogP contribution is 2.43. The fourth-order valence-corrected chi connectivity index (χ4v) is 7.46. The predicted molar refractivity (Wildman–Crippen MR) is 182 cm³/mol. The SMILES string of the molecule is CCCCCc1c2c(c(CCCCC)c3ccccc13)Cc1c(c(CCCC)c(C(=O)OC)c(C(=O)OC)c1CCCC)C2. The van der Waals surface area contributed by atoms with Crippen LogP contribution in [0.25, 0.3) is 10.8 Å². The number of hydrogen-bond acceptors (Lipinski definition) is 4. The summed E-state index contributed by atoms with van der Waals surface area (Å²) in [6.45, 7) is 8.89. The maximum Gasteiger partial charge on any atom is 0.339 e. The number of fused-ring (bicyclic) bond motifs is 3. The van der Waals surface area contributed by atoms with Crippen molar-refractivity contribution >= 4 is 22.7 Å². The van der Waals surface area contributed by atoms with Crippen molar-refractivity contribution in [3.63, 3.8) is 0 Å². The van der Waals surface area contributed by atoms with E-state index in [1.807, 2.05) is 0 Å². The first kappa shape index (κ1) is 33.7. The van der Waals surface area contributed by atoms with E-state index >= 15 is 0 Å². The molecule has 0 saturated carbocycles. The largest absolute Gasteiger partial charge is 0.465 e. The monoisotopic (exact) mass is 598 g/mol. The summed E-state index contributed by atoms with van der Waals surface area (Å²) in [5.41, 5.74) is 11.3. The fourth-order valence-electron chi connectivity index (χ4n) is 7.46. The van der Waals surface area contributed by atoms with Gasteiger partial charge in [0, 0.05) is 0 Å². The van der Waals surface area contributed by atoms with Gasteiger partial charge in [-0.3, -0.25) is 0 Å². The van der Waals surface area contributed by atoms with Crippen LogP contribution in [0.5, 0.6) is 0 Å². The minimum absolute atomic E-state index is 0.426. The van der Waals surface area contributed by atoms with Crippen molar-refractivity contribution in [2.24, 2.45) is 0 Å². The average Bonchev–Trinajstić information content (AvgIpc) is 3.05. The molecule has 0 heterocycles. The molecule has 0 spiro atoms. The standard InChI is InChI=1S/C40H54O4/c1-7-11-15-21-29-27-23-17-18-24-28(27)30(22-16-12-8-2)34-26-36-32(20-14-10-4)38(40(42)44-6)37(39(41)43-5)31(19-13-9-3)35(36)25-33(29)34/h17-18,23-24H,7-16,19-22,25-26H2,1-6H3. The number of ether oxygens (including phenoxy) is 2. The molecule has 0 fully saturated rings. The van der Waals surface area contributed by atoms with Crippen LogP contribution in [0, 0.1) is 0 Å². The molecule has 0 aliphatic heterocycles. The zero-order valence-electron chi connectivity index (χ0n) is 28.3. The molecule has 0 radical (unpaired) electrons. The van der Waals surface area contributed by atoms with Gasteiger partial charge in [-0.2, -0.15) is 0 Å². The zero-order chi connectivity index (χ0) is 31.6. The van der Waals surface area contributed by atoms with Crippen molar-refractivity contribution in [1.82, 2.24) is 0 Å². The third-order valence-corrected chi connectivity index (χ3v) is 9.72. The molecule has 1 aliphatic carbocycles. The van der Waals surface area contributed by atoms with Gasteiger partial charge in [0.2, 0.25) is 0 Å². The number of methoxy groups -OCH3 is 2. The van der Waals surface area contributed by atoms with Gasteiger partial charge in [0.1, 0.15) is 0 Å². The Bertz CT molecular complexity index is 1360. The van der Waals surface area contributed by atoms with Crippen LogP contribution in [-0.4, -0.2) is 26.2 Å². The van der Waals surface area contributed by atoms with Crippen molar-refractivity contribution < 1.29 is 19.1 Å². The first-order valence-corrected chi connectivity index (χ1v) is 17.4. The van der Waals surface area contributed by atoms with Gasteiger partial charge in [-0.05, 0) is 119 Å². The van der Waals surface area contributed by atoms with E-state index in [2.05, 4.69) is 52.0 Å². The maximum absolute atomic E-state index is 13.6. The molecular formula is C40H54O4. The van der Waals surface area contributed by atoms with Crippen LogP contribution in [0.15, 0.2) is 24.3 Å². The van der Waals surface area contributed by atoms with Crippen LogP contribution < -0.4 is 0 Å². The molecule has 0 unspecified atom stereocenters. The van der Waals surface area contributed by atoms with Gasteiger partial charge >= 0.3 is 11.9 Å². The van der Waals surface area contributed by atoms with Gasteiger partial charge in [0.25, 0.3) is 0 Å². The number of aryl methyl sites for hydroxylation is 2. The Morgan fingerprint density at radius 2 is 0.864 bits per heavy atom. The van der Waals surface area contributed by atoms with E-state index in [9.17, 15) is 9.59 Å². The molecule has 44 heavy (non-hydrogen) atoms. The summed E-state index contributed by atoms with van der Waals surface area (Å²) >= 11 is 0. The number of unbranched alkanes of at least 4 members (excludes halogenated alkanes) is 6. The Labute approximate surface area is 265 Å². The highest BCUT2D eigenvalue weighted by molar-refractivity contribution is 6.06. The lowest BCUT2D eigenvalue weighted by molar-refractivity contribution is 0.0552. The maximum atomic E-state index is 13.6. The van der Waals surface area contributed by atoms with Gasteiger partial charge in [-0.1, -0.05) is 90.5 Å². The number of carbonyl (C=O) groups is 2. The van der Waals surface area contributed by atoms with E-state index in [-0.39, 0.29) is 0 Å². The smallest absolute Gasteiger partial charge is 0.339 e. The van der Waals surface area contributed by atoms with Crippen LogP contribution in [-0.2, 0) is 48.0 Å². The summed E-state index contributed by atoms with van der Waals surface area (Å²) in [5.74, 6) is -0.852. The molecule has 0 atom stereocenters. The second-order valence-corrected chi connectivity index (χ2v) is 12.6. The predicted octanol–water partition coefficient (Wildman–Crippen LogP) is 10.1. The average molecular weight is 599 g/mol. The lowest BCUT2D eigenvalue weighted by atomic mass is 9.71. The third-order valence-electron chi connectivity index (χ3n) is 9.72. The summed E-state index contributed by atoms with van der Waals surface area (Å²) in [6, 6.07) is 9.05. The van der Waals surface area contributed by atoms with Crippen LogP contribution in [0.1, 0.15) is 157 Å². The van der Waals surface area contributed by atoms with Crippen molar-refractivity contribution in [3.05, 3.63) is 79.9 Å². The summed E-state index contributed by atoms with van der Waals surface area (Å²) in [4.78, 5) is 27.2. The molecule has 0 N–H and O–H groups in total. The zero-order valence-corrected chi connectivity index (χ0v) is 28.3. The second-order valence-electron chi connectivity index (χ2n) is 12.6. The summed E-state index contributed by atoms with van der Waals surface area (Å²) in [6.07, 6.45) is 16.3. The van der Waals surface area contributed by atoms with Crippen molar-refractivity contribution in [2.45, 2.75) is 130 Å². The Kier molecular flexibility index (Phi) is 12.5. The summed E-state index contributed by atoms with van der Waals surface area (Å²) in [7, 11) is 2.85. The number of carbonyl (C=O) groups excluding carboxylic acids is 2. The molecule has 0 amide bonds. The topological polar surface area (TPSA) is 52.6 Å². The molecule has 4 nitrogen and oxygen atoms in total. The molecule has 3 aromatic carbocycles. The van der Waals surface area contributed by atoms with Crippen LogP contribution in [0.4, 0.5) is 0 Å². The van der Waals surface area contributed by atoms with Gasteiger partial charge in [-0.25, -0.2) is 9.59 Å². The fraction of sp³-hybridized carbons (Fsp3) is 0.550. The van der Waals surface area contributed by atoms with Gasteiger partial charge < -0.3 is 9.47 Å². The number of rotatable bonds is 16. The molecule has 3 aromatic rings. The highest BCUT2D eigenvalue weighted by Gasteiger charge is 2.35. The van der Waals surface area contributed by atoms with Crippen LogP contribution in [0.2, 0.25) is 0 Å². The highest BCUT2D eigenvalue weighted by atomic mass is 16.5. The first-order chi connectivity index (χ1) is 21.5. The molecule has 238 valence electrons. The third kappa shape index (κ3) is 6.90. The van der Waals surface area contributed by atoms with E-state index in [0.717, 1.165) is 75.3 Å². The van der Waals surface area contributed by atoms with E-state index in [1.165, 1.54) is 96.9 Å². The Morgan fingerprint density at radius 3 is 1.20 bits per heavy atom. The van der Waals surface area contributed by atoms with E-state index in [4.69, 9.17) is 9.47 Å².